The van der Waals surface area contributed by atoms with Crippen LogP contribution in [0.2, 0.25) is 0 Å². The molecular weight excluding hydrogens is 541 g/mol. The van der Waals surface area contributed by atoms with Crippen LogP contribution in [0.25, 0.3) is 0 Å². The second-order valence-electron chi connectivity index (χ2n) is 10.5. The van der Waals surface area contributed by atoms with Crippen LogP contribution in [0.15, 0.2) is 42.5 Å². The zero-order chi connectivity index (χ0) is 29.2. The van der Waals surface area contributed by atoms with E-state index >= 15 is 0 Å². The van der Waals surface area contributed by atoms with E-state index in [-0.39, 0.29) is 30.5 Å². The van der Waals surface area contributed by atoms with Gasteiger partial charge in [-0.2, -0.15) is 5.26 Å². The van der Waals surface area contributed by atoms with Crippen molar-refractivity contribution in [3.8, 4) is 17.6 Å². The van der Waals surface area contributed by atoms with Crippen LogP contribution in [0, 0.1) is 11.3 Å². The number of alkyl halides is 3. The number of halogens is 3. The highest BCUT2D eigenvalue weighted by Gasteiger charge is 2.40. The van der Waals surface area contributed by atoms with Crippen molar-refractivity contribution in [2.75, 3.05) is 26.2 Å². The minimum atomic E-state index is -4.77. The normalized spacial score (nSPS) is 20.8. The van der Waals surface area contributed by atoms with E-state index in [9.17, 15) is 32.8 Å². The highest BCUT2D eigenvalue weighted by molar-refractivity contribution is 6.05. The summed E-state index contributed by atoms with van der Waals surface area (Å²) in [5.74, 6) is -0.772. The Hall–Kier alpha value is -4.11. The van der Waals surface area contributed by atoms with Crippen molar-refractivity contribution in [3.05, 3.63) is 59.2 Å². The van der Waals surface area contributed by atoms with Gasteiger partial charge in [0.25, 0.3) is 5.91 Å². The molecule has 12 heteroatoms. The maximum Gasteiger partial charge on any atom is 0.573 e. The Morgan fingerprint density at radius 2 is 1.80 bits per heavy atom. The molecule has 2 fully saturated rings. The van der Waals surface area contributed by atoms with Crippen LogP contribution in [-0.4, -0.2) is 66.2 Å². The second-order valence-corrected chi connectivity index (χ2v) is 10.5. The van der Waals surface area contributed by atoms with Gasteiger partial charge in [-0.3, -0.25) is 19.7 Å². The summed E-state index contributed by atoms with van der Waals surface area (Å²) in [5.41, 5.74) is 1.13. The number of piperidine rings is 2. The van der Waals surface area contributed by atoms with Crippen LogP contribution < -0.4 is 14.8 Å². The Labute approximate surface area is 234 Å². The lowest BCUT2D eigenvalue weighted by molar-refractivity contribution is -0.274. The van der Waals surface area contributed by atoms with Gasteiger partial charge in [0.2, 0.25) is 11.8 Å². The van der Waals surface area contributed by atoms with Gasteiger partial charge in [-0.25, -0.2) is 0 Å². The maximum atomic E-state index is 13.0. The summed E-state index contributed by atoms with van der Waals surface area (Å²) in [5, 5.41) is 12.2. The molecule has 0 aromatic heterocycles. The number of hydrogen-bond acceptors (Lipinski definition) is 7. The molecule has 3 heterocycles. The number of fused-ring (bicyclic) bond motifs is 1. The third-order valence-electron chi connectivity index (χ3n) is 7.98. The molecule has 0 aliphatic carbocycles. The van der Waals surface area contributed by atoms with E-state index in [1.807, 2.05) is 0 Å². The number of hydrogen-bond donors (Lipinski definition) is 1. The Kier molecular flexibility index (Phi) is 7.91. The van der Waals surface area contributed by atoms with Crippen molar-refractivity contribution >= 4 is 17.7 Å². The number of rotatable bonds is 8. The molecule has 2 aromatic rings. The average Bonchev–Trinajstić information content (AvgIpc) is 3.28. The van der Waals surface area contributed by atoms with Gasteiger partial charge < -0.3 is 19.3 Å². The van der Waals surface area contributed by atoms with Gasteiger partial charge in [-0.15, -0.1) is 13.2 Å². The lowest BCUT2D eigenvalue weighted by Crippen LogP contribution is -2.52. The van der Waals surface area contributed by atoms with Gasteiger partial charge in [0, 0.05) is 24.1 Å². The summed E-state index contributed by atoms with van der Waals surface area (Å²) in [6.07, 6.45) is -2.48. The number of nitriles is 1. The third kappa shape index (κ3) is 6.15. The maximum absolute atomic E-state index is 13.0. The fourth-order valence-electron chi connectivity index (χ4n) is 5.76. The Bertz CT molecular complexity index is 1360. The van der Waals surface area contributed by atoms with Crippen LogP contribution in [0.1, 0.15) is 53.6 Å². The molecule has 2 saturated heterocycles. The molecule has 0 saturated carbocycles. The highest BCUT2D eigenvalue weighted by Crippen LogP contribution is 2.37. The minimum absolute atomic E-state index is 0.190. The van der Waals surface area contributed by atoms with Crippen molar-refractivity contribution in [1.29, 1.82) is 5.26 Å². The topological polar surface area (TPSA) is 112 Å². The molecule has 1 atom stereocenters. The molecule has 1 unspecified atom stereocenters. The number of carbonyl (C=O) groups excluding carboxylic acids is 3. The number of nitrogens with zero attached hydrogens (tertiary/aromatic N) is 3. The van der Waals surface area contributed by atoms with E-state index in [1.165, 1.54) is 29.2 Å². The molecule has 3 aliphatic heterocycles. The summed E-state index contributed by atoms with van der Waals surface area (Å²) in [6.45, 7) is 2.69. The van der Waals surface area contributed by atoms with Crippen LogP contribution >= 0.6 is 0 Å². The summed E-state index contributed by atoms with van der Waals surface area (Å²) >= 11 is 0. The fraction of sp³-hybridized carbons (Fsp3) is 0.448. The molecule has 0 spiro atoms. The van der Waals surface area contributed by atoms with Crippen molar-refractivity contribution < 1.29 is 37.0 Å². The zero-order valence-electron chi connectivity index (χ0n) is 22.2. The summed E-state index contributed by atoms with van der Waals surface area (Å²) in [6, 6.07) is 12.5. The van der Waals surface area contributed by atoms with Gasteiger partial charge >= 0.3 is 6.36 Å². The van der Waals surface area contributed by atoms with Crippen LogP contribution in [0.4, 0.5) is 13.2 Å². The smallest absolute Gasteiger partial charge is 0.493 e. The molecule has 216 valence electrons. The van der Waals surface area contributed by atoms with Gasteiger partial charge in [0.15, 0.2) is 0 Å². The number of imide groups is 1. The van der Waals surface area contributed by atoms with E-state index in [0.717, 1.165) is 12.1 Å². The number of amides is 3. The fourth-order valence-corrected chi connectivity index (χ4v) is 5.76. The Balaban J connectivity index is 1.11. The van der Waals surface area contributed by atoms with Crippen molar-refractivity contribution in [1.82, 2.24) is 15.1 Å². The predicted molar refractivity (Wildman–Crippen MR) is 139 cm³/mol. The SMILES string of the molecule is N#CC1(c2ccc(OC(F)(F)F)cc2)CCN(CCCOc2cccc3c2CN(C2CCC(=O)NC2=O)C3=O)CC1. The van der Waals surface area contributed by atoms with Gasteiger partial charge in [0.05, 0.1) is 24.6 Å². The quantitative estimate of drug-likeness (QED) is 0.381. The standard InChI is InChI=1S/C29H29F3N4O5/c30-29(31,32)41-20-7-5-19(6-8-20)28(18-33)11-14-35(15-12-28)13-2-16-40-24-4-1-3-21-22(24)17-36(27(21)39)23-9-10-25(37)34-26(23)38/h1,3-8,23H,2,9-17H2,(H,34,37,38). The number of benzene rings is 2. The molecule has 1 N–H and O–H groups in total. The lowest BCUT2D eigenvalue weighted by atomic mass is 9.74. The molecule has 41 heavy (non-hydrogen) atoms. The highest BCUT2D eigenvalue weighted by atomic mass is 19.4. The molecule has 5 rings (SSSR count). The molecule has 2 aromatic carbocycles. The largest absolute Gasteiger partial charge is 0.573 e. The van der Waals surface area contributed by atoms with E-state index < -0.39 is 23.7 Å². The summed E-state index contributed by atoms with van der Waals surface area (Å²) in [7, 11) is 0. The first-order valence-corrected chi connectivity index (χ1v) is 13.5. The Morgan fingerprint density at radius 1 is 1.07 bits per heavy atom. The van der Waals surface area contributed by atoms with E-state index in [0.29, 0.717) is 62.3 Å². The number of ether oxygens (including phenoxy) is 2. The van der Waals surface area contributed by atoms with E-state index in [1.54, 1.807) is 18.2 Å². The van der Waals surface area contributed by atoms with Crippen LogP contribution in [-0.2, 0) is 21.5 Å². The van der Waals surface area contributed by atoms with Gasteiger partial charge in [-0.05, 0) is 68.6 Å². The van der Waals surface area contributed by atoms with Crippen molar-refractivity contribution in [2.24, 2.45) is 0 Å². The lowest BCUT2D eigenvalue weighted by Gasteiger charge is -2.37. The van der Waals surface area contributed by atoms with Crippen molar-refractivity contribution in [2.45, 2.75) is 56.5 Å². The van der Waals surface area contributed by atoms with Crippen LogP contribution in [0.5, 0.6) is 11.5 Å². The van der Waals surface area contributed by atoms with E-state index in [2.05, 4.69) is 21.0 Å². The average molecular weight is 571 g/mol. The first kappa shape index (κ1) is 28.4. The number of likely N-dealkylation sites (tertiary alicyclic amines) is 1. The monoisotopic (exact) mass is 570 g/mol. The number of carbonyl (C=O) groups is 3. The molecule has 3 aliphatic rings. The molecule has 3 amide bonds. The summed E-state index contributed by atoms with van der Waals surface area (Å²) in [4.78, 5) is 40.5. The van der Waals surface area contributed by atoms with Gasteiger partial charge in [-0.1, -0.05) is 18.2 Å². The van der Waals surface area contributed by atoms with Gasteiger partial charge in [0.1, 0.15) is 17.5 Å². The predicted octanol–water partition coefficient (Wildman–Crippen LogP) is 3.67. The molecule has 0 bridgehead atoms. The third-order valence-corrected chi connectivity index (χ3v) is 7.98. The Morgan fingerprint density at radius 3 is 2.46 bits per heavy atom. The second kappa shape index (κ2) is 11.4. The minimum Gasteiger partial charge on any atom is -0.493 e. The summed E-state index contributed by atoms with van der Waals surface area (Å²) < 4.78 is 47.4. The molecule has 9 nitrogen and oxygen atoms in total. The first-order valence-electron chi connectivity index (χ1n) is 13.5. The van der Waals surface area contributed by atoms with E-state index in [4.69, 9.17) is 4.74 Å². The molecule has 0 radical (unpaired) electrons. The van der Waals surface area contributed by atoms with Crippen LogP contribution in [0.3, 0.4) is 0 Å². The van der Waals surface area contributed by atoms with Crippen molar-refractivity contribution in [3.63, 3.8) is 0 Å². The first-order chi connectivity index (χ1) is 19.6. The molecular formula is C29H29F3N4O5. The zero-order valence-corrected chi connectivity index (χ0v) is 22.2. The number of nitrogens with one attached hydrogen (secondary N) is 1.